The van der Waals surface area contributed by atoms with Crippen molar-refractivity contribution in [2.24, 2.45) is 11.7 Å². The molecule has 2 unspecified atom stereocenters. The molecule has 2 N–H and O–H groups in total. The Morgan fingerprint density at radius 3 is 3.06 bits per heavy atom. The molecule has 2 nitrogen and oxygen atoms in total. The van der Waals surface area contributed by atoms with Crippen LogP contribution in [0.4, 0.5) is 10.1 Å². The molecule has 1 saturated carbocycles. The molecule has 0 bridgehead atoms. The van der Waals surface area contributed by atoms with Crippen LogP contribution >= 0.6 is 0 Å². The maximum Gasteiger partial charge on any atom is 0.125 e. The third-order valence-corrected chi connectivity index (χ3v) is 4.30. The predicted molar refractivity (Wildman–Crippen MR) is 67.6 cm³/mol. The zero-order valence-electron chi connectivity index (χ0n) is 10.0. The molecule has 2 aliphatic rings. The van der Waals surface area contributed by atoms with Crippen LogP contribution in [0.15, 0.2) is 18.2 Å². The standard InChI is InChI=1S/C14H19FN2/c15-12-5-4-10-6-7-17(14(10)8-12)13-3-1-2-11(13)9-16/h4-5,8,11,13H,1-3,6-7,9,16H2. The fraction of sp³-hybridized carbons (Fsp3) is 0.571. The Morgan fingerprint density at radius 1 is 1.35 bits per heavy atom. The van der Waals surface area contributed by atoms with Gasteiger partial charge in [0.05, 0.1) is 0 Å². The predicted octanol–water partition coefficient (Wildman–Crippen LogP) is 2.32. The largest absolute Gasteiger partial charge is 0.368 e. The molecule has 0 radical (unpaired) electrons. The molecule has 1 aromatic carbocycles. The van der Waals surface area contributed by atoms with E-state index in [0.717, 1.165) is 25.2 Å². The fourth-order valence-corrected chi connectivity index (χ4v) is 3.42. The zero-order valence-corrected chi connectivity index (χ0v) is 10.0. The molecule has 92 valence electrons. The Morgan fingerprint density at radius 2 is 2.24 bits per heavy atom. The summed E-state index contributed by atoms with van der Waals surface area (Å²) in [6, 6.07) is 5.71. The molecule has 0 aromatic heterocycles. The maximum atomic E-state index is 13.3. The van der Waals surface area contributed by atoms with E-state index in [1.807, 2.05) is 6.07 Å². The van der Waals surface area contributed by atoms with Gasteiger partial charge in [0.25, 0.3) is 0 Å². The molecule has 17 heavy (non-hydrogen) atoms. The highest BCUT2D eigenvalue weighted by molar-refractivity contribution is 5.59. The van der Waals surface area contributed by atoms with Crippen LogP contribution in [0.2, 0.25) is 0 Å². The van der Waals surface area contributed by atoms with Gasteiger partial charge in [0, 0.05) is 18.3 Å². The van der Waals surface area contributed by atoms with Crippen molar-refractivity contribution in [3.8, 4) is 0 Å². The second kappa shape index (κ2) is 4.30. The summed E-state index contributed by atoms with van der Waals surface area (Å²) in [5.41, 5.74) is 8.23. The molecule has 1 aliphatic carbocycles. The molecular formula is C14H19FN2. The van der Waals surface area contributed by atoms with E-state index in [1.54, 1.807) is 12.1 Å². The first kappa shape index (κ1) is 11.0. The van der Waals surface area contributed by atoms with E-state index in [4.69, 9.17) is 5.73 Å². The van der Waals surface area contributed by atoms with Gasteiger partial charge in [-0.15, -0.1) is 0 Å². The zero-order chi connectivity index (χ0) is 11.8. The summed E-state index contributed by atoms with van der Waals surface area (Å²) in [7, 11) is 0. The molecule has 2 atom stereocenters. The minimum atomic E-state index is -0.127. The van der Waals surface area contributed by atoms with Crippen molar-refractivity contribution in [3.05, 3.63) is 29.6 Å². The van der Waals surface area contributed by atoms with Gasteiger partial charge < -0.3 is 10.6 Å². The third-order valence-electron chi connectivity index (χ3n) is 4.30. The highest BCUT2D eigenvalue weighted by Crippen LogP contribution is 2.37. The lowest BCUT2D eigenvalue weighted by atomic mass is 10.0. The summed E-state index contributed by atoms with van der Waals surface area (Å²) in [6.07, 6.45) is 4.73. The van der Waals surface area contributed by atoms with Crippen LogP contribution in [0.5, 0.6) is 0 Å². The number of nitrogens with zero attached hydrogens (tertiary/aromatic N) is 1. The first-order valence-corrected chi connectivity index (χ1v) is 6.54. The molecule has 1 heterocycles. The molecule has 1 aliphatic heterocycles. The van der Waals surface area contributed by atoms with E-state index in [2.05, 4.69) is 4.90 Å². The Balaban J connectivity index is 1.90. The number of fused-ring (bicyclic) bond motifs is 1. The summed E-state index contributed by atoms with van der Waals surface area (Å²) < 4.78 is 13.3. The molecule has 0 saturated heterocycles. The number of nitrogens with two attached hydrogens (primary N) is 1. The van der Waals surface area contributed by atoms with Gasteiger partial charge in [-0.3, -0.25) is 0 Å². The third kappa shape index (κ3) is 1.82. The van der Waals surface area contributed by atoms with E-state index in [9.17, 15) is 4.39 Å². The van der Waals surface area contributed by atoms with E-state index in [-0.39, 0.29) is 5.82 Å². The van der Waals surface area contributed by atoms with Gasteiger partial charge in [-0.2, -0.15) is 0 Å². The van der Waals surface area contributed by atoms with E-state index in [0.29, 0.717) is 12.0 Å². The first-order valence-electron chi connectivity index (χ1n) is 6.54. The van der Waals surface area contributed by atoms with Gasteiger partial charge in [-0.05, 0) is 49.4 Å². The van der Waals surface area contributed by atoms with Gasteiger partial charge in [-0.1, -0.05) is 12.5 Å². The highest BCUT2D eigenvalue weighted by Gasteiger charge is 2.34. The Bertz CT molecular complexity index is 419. The fourth-order valence-electron chi connectivity index (χ4n) is 3.42. The van der Waals surface area contributed by atoms with Gasteiger partial charge in [0.15, 0.2) is 0 Å². The number of hydrogen-bond acceptors (Lipinski definition) is 2. The van der Waals surface area contributed by atoms with Gasteiger partial charge in [-0.25, -0.2) is 4.39 Å². The lowest BCUT2D eigenvalue weighted by Gasteiger charge is -2.31. The van der Waals surface area contributed by atoms with Crippen molar-refractivity contribution in [1.82, 2.24) is 0 Å². The van der Waals surface area contributed by atoms with Crippen LogP contribution < -0.4 is 10.6 Å². The highest BCUT2D eigenvalue weighted by atomic mass is 19.1. The minimum Gasteiger partial charge on any atom is -0.368 e. The summed E-state index contributed by atoms with van der Waals surface area (Å²) in [4.78, 5) is 2.39. The lowest BCUT2D eigenvalue weighted by Crippen LogP contribution is -2.39. The van der Waals surface area contributed by atoms with Crippen LogP contribution in [0, 0.1) is 11.7 Å². The van der Waals surface area contributed by atoms with Crippen LogP contribution in [0.1, 0.15) is 24.8 Å². The molecular weight excluding hydrogens is 215 g/mol. The lowest BCUT2D eigenvalue weighted by molar-refractivity contribution is 0.464. The topological polar surface area (TPSA) is 29.3 Å². The normalized spacial score (nSPS) is 27.5. The number of hydrogen-bond donors (Lipinski definition) is 1. The summed E-state index contributed by atoms with van der Waals surface area (Å²) in [5.74, 6) is 0.460. The van der Waals surface area contributed by atoms with E-state index in [1.165, 1.54) is 24.8 Å². The van der Waals surface area contributed by atoms with E-state index < -0.39 is 0 Å². The molecule has 3 heteroatoms. The molecule has 0 spiro atoms. The van der Waals surface area contributed by atoms with Crippen LogP contribution in [0.3, 0.4) is 0 Å². The number of benzene rings is 1. The first-order chi connectivity index (χ1) is 8.29. The van der Waals surface area contributed by atoms with Gasteiger partial charge in [0.1, 0.15) is 5.82 Å². The number of rotatable bonds is 2. The second-order valence-electron chi connectivity index (χ2n) is 5.21. The van der Waals surface area contributed by atoms with Gasteiger partial charge >= 0.3 is 0 Å². The average Bonchev–Trinajstić information content (AvgIpc) is 2.93. The SMILES string of the molecule is NCC1CCCC1N1CCc2ccc(F)cc21. The molecule has 1 fully saturated rings. The molecule has 0 amide bonds. The van der Waals surface area contributed by atoms with Crippen molar-refractivity contribution in [2.75, 3.05) is 18.0 Å². The summed E-state index contributed by atoms with van der Waals surface area (Å²) in [6.45, 7) is 1.78. The summed E-state index contributed by atoms with van der Waals surface area (Å²) >= 11 is 0. The summed E-state index contributed by atoms with van der Waals surface area (Å²) in [5, 5.41) is 0. The van der Waals surface area contributed by atoms with Crippen molar-refractivity contribution in [1.29, 1.82) is 0 Å². The number of halogens is 1. The Hall–Kier alpha value is -1.09. The van der Waals surface area contributed by atoms with Crippen molar-refractivity contribution < 1.29 is 4.39 Å². The average molecular weight is 234 g/mol. The van der Waals surface area contributed by atoms with Crippen molar-refractivity contribution >= 4 is 5.69 Å². The van der Waals surface area contributed by atoms with Crippen LogP contribution in [0.25, 0.3) is 0 Å². The van der Waals surface area contributed by atoms with Crippen LogP contribution in [-0.4, -0.2) is 19.1 Å². The maximum absolute atomic E-state index is 13.3. The Labute approximate surface area is 102 Å². The monoisotopic (exact) mass is 234 g/mol. The van der Waals surface area contributed by atoms with Gasteiger partial charge in [0.2, 0.25) is 0 Å². The van der Waals surface area contributed by atoms with Crippen molar-refractivity contribution in [3.63, 3.8) is 0 Å². The molecule has 3 rings (SSSR count). The quantitative estimate of drug-likeness (QED) is 0.851. The molecule has 1 aromatic rings. The smallest absolute Gasteiger partial charge is 0.125 e. The van der Waals surface area contributed by atoms with Crippen molar-refractivity contribution in [2.45, 2.75) is 31.7 Å². The minimum absolute atomic E-state index is 0.127. The van der Waals surface area contributed by atoms with Crippen LogP contribution in [-0.2, 0) is 6.42 Å². The van der Waals surface area contributed by atoms with E-state index >= 15 is 0 Å². The Kier molecular flexibility index (Phi) is 2.79. The number of anilines is 1. The second-order valence-corrected chi connectivity index (χ2v) is 5.21.